The Kier molecular flexibility index (Phi) is 5.30. The van der Waals surface area contributed by atoms with Crippen LogP contribution in [0.1, 0.15) is 86.0 Å². The molecule has 0 aromatic carbocycles. The van der Waals surface area contributed by atoms with E-state index in [0.717, 1.165) is 36.5 Å². The van der Waals surface area contributed by atoms with Crippen LogP contribution in [0, 0.1) is 40.4 Å². The van der Waals surface area contributed by atoms with Gasteiger partial charge in [-0.25, -0.2) is 0 Å². The Hall–Kier alpha value is -1.05. The van der Waals surface area contributed by atoms with Crippen LogP contribution in [0.2, 0.25) is 0 Å². The predicted octanol–water partition coefficient (Wildman–Crippen LogP) is 6.71. The summed E-state index contributed by atoms with van der Waals surface area (Å²) in [6, 6.07) is 0. The van der Waals surface area contributed by atoms with Gasteiger partial charge >= 0.3 is 5.97 Å². The Morgan fingerprint density at radius 1 is 1.18 bits per heavy atom. The SMILES string of the molecule is C/C=C/C(C)[C@H]1CCC2C3CC=C4C[C@@H](OC(C)=O)CC[C@]4(C)C3CC[C@@]21C. The first kappa shape index (κ1) is 20.2. The average molecular weight is 385 g/mol. The molecule has 4 aliphatic carbocycles. The quantitative estimate of drug-likeness (QED) is 0.399. The zero-order chi connectivity index (χ0) is 20.1. The Balaban J connectivity index is 1.56. The molecule has 0 aromatic rings. The van der Waals surface area contributed by atoms with Crippen molar-refractivity contribution >= 4 is 5.97 Å². The molecule has 0 radical (unpaired) electrons. The van der Waals surface area contributed by atoms with Gasteiger partial charge in [-0.1, -0.05) is 44.6 Å². The highest BCUT2D eigenvalue weighted by Gasteiger charge is 2.59. The van der Waals surface area contributed by atoms with Crippen LogP contribution in [0.15, 0.2) is 23.8 Å². The third-order valence-corrected chi connectivity index (χ3v) is 9.60. The minimum absolute atomic E-state index is 0.111. The molecule has 2 nitrogen and oxygen atoms in total. The Bertz CT molecular complexity index is 676. The lowest BCUT2D eigenvalue weighted by Gasteiger charge is -2.58. The second-order valence-electron chi connectivity index (χ2n) is 10.8. The number of esters is 1. The van der Waals surface area contributed by atoms with Crippen molar-refractivity contribution in [2.24, 2.45) is 40.4 Å². The summed E-state index contributed by atoms with van der Waals surface area (Å²) in [7, 11) is 0. The molecule has 0 spiro atoms. The molecule has 0 amide bonds. The van der Waals surface area contributed by atoms with Gasteiger partial charge in [0, 0.05) is 13.3 Å². The van der Waals surface area contributed by atoms with Gasteiger partial charge in [0.05, 0.1) is 0 Å². The van der Waals surface area contributed by atoms with Gasteiger partial charge in [-0.15, -0.1) is 0 Å². The highest BCUT2D eigenvalue weighted by Crippen LogP contribution is 2.67. The first-order valence-corrected chi connectivity index (χ1v) is 11.8. The molecule has 2 heteroatoms. The van der Waals surface area contributed by atoms with Crippen molar-refractivity contribution in [1.29, 1.82) is 0 Å². The lowest BCUT2D eigenvalue weighted by atomic mass is 9.47. The first-order valence-electron chi connectivity index (χ1n) is 11.8. The van der Waals surface area contributed by atoms with Crippen molar-refractivity contribution in [2.75, 3.05) is 0 Å². The summed E-state index contributed by atoms with van der Waals surface area (Å²) in [4.78, 5) is 11.4. The monoisotopic (exact) mass is 384 g/mol. The summed E-state index contributed by atoms with van der Waals surface area (Å²) in [5.41, 5.74) is 2.47. The molecular formula is C26H40O2. The molecule has 4 aliphatic rings. The Labute approximate surface area is 172 Å². The number of carbonyl (C=O) groups excluding carboxylic acids is 1. The van der Waals surface area contributed by atoms with Gasteiger partial charge in [-0.2, -0.15) is 0 Å². The molecule has 0 heterocycles. The molecule has 3 saturated carbocycles. The maximum atomic E-state index is 11.4. The number of fused-ring (bicyclic) bond motifs is 5. The van der Waals surface area contributed by atoms with Crippen LogP contribution in [-0.4, -0.2) is 12.1 Å². The van der Waals surface area contributed by atoms with Crippen LogP contribution >= 0.6 is 0 Å². The summed E-state index contributed by atoms with van der Waals surface area (Å²) < 4.78 is 5.58. The molecule has 4 rings (SSSR count). The zero-order valence-electron chi connectivity index (χ0n) is 18.7. The number of rotatable bonds is 3. The fraction of sp³-hybridized carbons (Fsp3) is 0.808. The van der Waals surface area contributed by atoms with Crippen LogP contribution in [0.3, 0.4) is 0 Å². The Morgan fingerprint density at radius 3 is 2.68 bits per heavy atom. The lowest BCUT2D eigenvalue weighted by molar-refractivity contribution is -0.148. The number of carbonyl (C=O) groups is 1. The van der Waals surface area contributed by atoms with Crippen molar-refractivity contribution in [3.05, 3.63) is 23.8 Å². The van der Waals surface area contributed by atoms with E-state index in [4.69, 9.17) is 4.74 Å². The van der Waals surface area contributed by atoms with Crippen molar-refractivity contribution in [2.45, 2.75) is 92.1 Å². The topological polar surface area (TPSA) is 26.3 Å². The molecule has 0 aromatic heterocycles. The van der Waals surface area contributed by atoms with Crippen molar-refractivity contribution < 1.29 is 9.53 Å². The summed E-state index contributed by atoms with van der Waals surface area (Å²) >= 11 is 0. The average Bonchev–Trinajstić information content (AvgIpc) is 2.99. The number of hydrogen-bond donors (Lipinski definition) is 0. The summed E-state index contributed by atoms with van der Waals surface area (Å²) in [6.07, 6.45) is 17.5. The van der Waals surface area contributed by atoms with E-state index in [1.807, 2.05) is 0 Å². The molecule has 28 heavy (non-hydrogen) atoms. The number of ether oxygens (including phenoxy) is 1. The van der Waals surface area contributed by atoms with Gasteiger partial charge in [0.2, 0.25) is 0 Å². The summed E-state index contributed by atoms with van der Waals surface area (Å²) in [6.45, 7) is 11.3. The van der Waals surface area contributed by atoms with Gasteiger partial charge in [0.25, 0.3) is 0 Å². The molecule has 0 bridgehead atoms. The van der Waals surface area contributed by atoms with Crippen LogP contribution in [0.4, 0.5) is 0 Å². The highest BCUT2D eigenvalue weighted by molar-refractivity contribution is 5.66. The second kappa shape index (κ2) is 7.33. The van der Waals surface area contributed by atoms with E-state index in [1.54, 1.807) is 12.5 Å². The van der Waals surface area contributed by atoms with Crippen molar-refractivity contribution in [3.8, 4) is 0 Å². The molecule has 0 N–H and O–H groups in total. The minimum Gasteiger partial charge on any atom is -0.462 e. The summed E-state index contributed by atoms with van der Waals surface area (Å²) in [5.74, 6) is 4.03. The fourth-order valence-corrected chi connectivity index (χ4v) is 8.30. The van der Waals surface area contributed by atoms with E-state index >= 15 is 0 Å². The third kappa shape index (κ3) is 3.10. The Morgan fingerprint density at radius 2 is 1.96 bits per heavy atom. The lowest BCUT2D eigenvalue weighted by Crippen LogP contribution is -2.51. The third-order valence-electron chi connectivity index (χ3n) is 9.60. The number of hydrogen-bond acceptors (Lipinski definition) is 2. The van der Waals surface area contributed by atoms with Gasteiger partial charge < -0.3 is 4.74 Å². The minimum atomic E-state index is -0.122. The van der Waals surface area contributed by atoms with E-state index in [1.165, 1.54) is 38.5 Å². The first-order chi connectivity index (χ1) is 13.3. The van der Waals surface area contributed by atoms with Crippen molar-refractivity contribution in [3.63, 3.8) is 0 Å². The van der Waals surface area contributed by atoms with Crippen LogP contribution < -0.4 is 0 Å². The maximum absolute atomic E-state index is 11.4. The van der Waals surface area contributed by atoms with Crippen LogP contribution in [0.5, 0.6) is 0 Å². The van der Waals surface area contributed by atoms with Crippen LogP contribution in [-0.2, 0) is 9.53 Å². The molecule has 0 aliphatic heterocycles. The van der Waals surface area contributed by atoms with Gasteiger partial charge in [0.1, 0.15) is 6.10 Å². The fourth-order valence-electron chi connectivity index (χ4n) is 8.30. The van der Waals surface area contributed by atoms with E-state index in [2.05, 4.69) is 45.9 Å². The molecule has 4 unspecified atom stereocenters. The maximum Gasteiger partial charge on any atom is 0.302 e. The predicted molar refractivity (Wildman–Crippen MR) is 115 cm³/mol. The molecule has 0 saturated heterocycles. The number of allylic oxidation sites excluding steroid dienone is 3. The molecule has 3 fully saturated rings. The second-order valence-corrected chi connectivity index (χ2v) is 10.8. The zero-order valence-corrected chi connectivity index (χ0v) is 18.7. The molecule has 156 valence electrons. The van der Waals surface area contributed by atoms with Gasteiger partial charge in [-0.3, -0.25) is 4.79 Å². The van der Waals surface area contributed by atoms with Crippen molar-refractivity contribution in [1.82, 2.24) is 0 Å². The normalized spacial score (nSPS) is 46.3. The summed E-state index contributed by atoms with van der Waals surface area (Å²) in [5, 5.41) is 0. The van der Waals surface area contributed by atoms with Gasteiger partial charge in [-0.05, 0) is 92.3 Å². The standard InChI is InChI=1S/C26H40O2/c1-6-7-17(2)22-10-11-23-21-9-8-19-16-20(28-18(3)27)12-14-25(19,4)24(21)13-15-26(22,23)5/h6-8,17,20-24H,9-16H2,1-5H3/b7-6+/t17?,20-,21?,22+,23?,24?,25-,26+/m0/s1. The van der Waals surface area contributed by atoms with E-state index < -0.39 is 0 Å². The molecular weight excluding hydrogens is 344 g/mol. The van der Waals surface area contributed by atoms with Crippen LogP contribution in [0.25, 0.3) is 0 Å². The van der Waals surface area contributed by atoms with Gasteiger partial charge in [0.15, 0.2) is 0 Å². The van der Waals surface area contributed by atoms with E-state index in [-0.39, 0.29) is 12.1 Å². The smallest absolute Gasteiger partial charge is 0.302 e. The van der Waals surface area contributed by atoms with E-state index in [9.17, 15) is 4.79 Å². The largest absolute Gasteiger partial charge is 0.462 e. The molecule has 8 atom stereocenters. The van der Waals surface area contributed by atoms with E-state index in [0.29, 0.717) is 16.7 Å². The highest BCUT2D eigenvalue weighted by atomic mass is 16.5.